The molecule has 1 heterocycles. The summed E-state index contributed by atoms with van der Waals surface area (Å²) in [5, 5.41) is 10.5. The Labute approximate surface area is 159 Å². The average Bonchev–Trinajstić information content (AvgIpc) is 3.08. The fourth-order valence-corrected chi connectivity index (χ4v) is 4.31. The highest BCUT2D eigenvalue weighted by molar-refractivity contribution is 7.94. The Balaban J connectivity index is 1.77. The summed E-state index contributed by atoms with van der Waals surface area (Å²) in [5.74, 6) is -0.396. The van der Waals surface area contributed by atoms with Crippen LogP contribution in [-0.2, 0) is 10.0 Å². The van der Waals surface area contributed by atoms with Crippen molar-refractivity contribution in [1.29, 1.82) is 0 Å². The number of nitrogens with one attached hydrogen (secondary N) is 2. The topological polar surface area (TPSA) is 101 Å². The van der Waals surface area contributed by atoms with Gasteiger partial charge in [-0.15, -0.1) is 10.2 Å². The second kappa shape index (κ2) is 7.40. The van der Waals surface area contributed by atoms with E-state index in [9.17, 15) is 13.2 Å². The van der Waals surface area contributed by atoms with E-state index < -0.39 is 15.9 Å². The molecule has 3 aromatic rings. The lowest BCUT2D eigenvalue weighted by Crippen LogP contribution is -2.13. The molecule has 7 nitrogen and oxygen atoms in total. The Hall–Kier alpha value is -2.49. The van der Waals surface area contributed by atoms with Gasteiger partial charge in [0, 0.05) is 10.6 Å². The molecule has 2 N–H and O–H groups in total. The van der Waals surface area contributed by atoms with E-state index in [0.29, 0.717) is 21.8 Å². The predicted octanol–water partition coefficient (Wildman–Crippen LogP) is 3.55. The Morgan fingerprint density at radius 3 is 2.54 bits per heavy atom. The summed E-state index contributed by atoms with van der Waals surface area (Å²) < 4.78 is 27.1. The minimum Gasteiger partial charge on any atom is -0.296 e. The van der Waals surface area contributed by atoms with Crippen molar-refractivity contribution < 1.29 is 13.2 Å². The molecule has 10 heteroatoms. The lowest BCUT2D eigenvalue weighted by Gasteiger charge is -2.08. The molecule has 0 bridgehead atoms. The molecule has 0 saturated heterocycles. The first kappa shape index (κ1) is 18.3. The normalized spacial score (nSPS) is 11.2. The maximum Gasteiger partial charge on any atom is 0.291 e. The molecule has 134 valence electrons. The van der Waals surface area contributed by atoms with E-state index in [-0.39, 0.29) is 9.47 Å². The molecule has 0 aliphatic heterocycles. The molecular formula is C16H13ClN4O3S2. The van der Waals surface area contributed by atoms with Crippen LogP contribution in [0.4, 0.5) is 10.8 Å². The zero-order valence-corrected chi connectivity index (χ0v) is 15.8. The number of benzene rings is 2. The number of aryl methyl sites for hydroxylation is 1. The van der Waals surface area contributed by atoms with Gasteiger partial charge in [0.05, 0.1) is 5.69 Å². The third-order valence-corrected chi connectivity index (χ3v) is 6.13. The molecule has 0 atom stereocenters. The van der Waals surface area contributed by atoms with Gasteiger partial charge in [-0.3, -0.25) is 14.8 Å². The van der Waals surface area contributed by atoms with E-state index in [1.54, 1.807) is 55.5 Å². The van der Waals surface area contributed by atoms with Crippen molar-refractivity contribution in [3.8, 4) is 0 Å². The number of halogens is 1. The van der Waals surface area contributed by atoms with Crippen LogP contribution >= 0.6 is 22.9 Å². The number of aromatic nitrogens is 2. The van der Waals surface area contributed by atoms with Crippen molar-refractivity contribution in [1.82, 2.24) is 10.2 Å². The fourth-order valence-electron chi connectivity index (χ4n) is 2.06. The molecule has 0 saturated carbocycles. The second-order valence-electron chi connectivity index (χ2n) is 5.26. The van der Waals surface area contributed by atoms with E-state index in [4.69, 9.17) is 11.6 Å². The van der Waals surface area contributed by atoms with Gasteiger partial charge >= 0.3 is 0 Å². The van der Waals surface area contributed by atoms with E-state index in [2.05, 4.69) is 20.2 Å². The van der Waals surface area contributed by atoms with E-state index in [1.807, 2.05) is 0 Å². The number of carbonyl (C=O) groups is 1. The fraction of sp³-hybridized carbons (Fsp3) is 0.0625. The lowest BCUT2D eigenvalue weighted by atomic mass is 10.2. The van der Waals surface area contributed by atoms with E-state index in [0.717, 1.165) is 11.3 Å². The summed E-state index contributed by atoms with van der Waals surface area (Å²) in [6.45, 7) is 1.73. The third-order valence-electron chi connectivity index (χ3n) is 3.33. The first-order valence-corrected chi connectivity index (χ1v) is 10.0. The molecule has 0 unspecified atom stereocenters. The molecule has 0 spiro atoms. The molecule has 0 aliphatic carbocycles. The van der Waals surface area contributed by atoms with Crippen molar-refractivity contribution in [2.24, 2.45) is 0 Å². The first-order valence-electron chi connectivity index (χ1n) is 7.34. The van der Waals surface area contributed by atoms with Crippen LogP contribution in [0.1, 0.15) is 15.9 Å². The first-order chi connectivity index (χ1) is 12.3. The Bertz CT molecular complexity index is 1050. The van der Waals surface area contributed by atoms with Crippen LogP contribution in [0.25, 0.3) is 0 Å². The summed E-state index contributed by atoms with van der Waals surface area (Å²) in [4.78, 5) is 12.1. The Kier molecular flexibility index (Phi) is 5.21. The maximum absolute atomic E-state index is 12.5. The van der Waals surface area contributed by atoms with E-state index in [1.165, 1.54) is 0 Å². The number of sulfonamides is 1. The van der Waals surface area contributed by atoms with Crippen LogP contribution in [0.3, 0.4) is 0 Å². The van der Waals surface area contributed by atoms with Gasteiger partial charge in [-0.05, 0) is 42.8 Å². The summed E-state index contributed by atoms with van der Waals surface area (Å²) >= 11 is 6.63. The van der Waals surface area contributed by atoms with Crippen molar-refractivity contribution in [2.45, 2.75) is 11.3 Å². The van der Waals surface area contributed by atoms with Crippen LogP contribution < -0.4 is 10.0 Å². The Morgan fingerprint density at radius 1 is 1.12 bits per heavy atom. The van der Waals surface area contributed by atoms with Crippen LogP contribution in [-0.4, -0.2) is 24.5 Å². The number of hydrogen-bond donors (Lipinski definition) is 2. The highest BCUT2D eigenvalue weighted by atomic mass is 35.5. The highest BCUT2D eigenvalue weighted by Crippen LogP contribution is 2.25. The van der Waals surface area contributed by atoms with Crippen molar-refractivity contribution >= 4 is 49.7 Å². The van der Waals surface area contributed by atoms with Crippen LogP contribution in [0.15, 0.2) is 52.9 Å². The zero-order chi connectivity index (χ0) is 18.7. The van der Waals surface area contributed by atoms with Crippen molar-refractivity contribution in [3.05, 3.63) is 64.7 Å². The standard InChI is InChI=1S/C16H13ClN4O3S2/c1-10-9-12(17)7-8-13(10)21-26(23,24)16-20-19-15(25-16)18-14(22)11-5-3-2-4-6-11/h2-9,21H,1H3,(H,18,19,22). The lowest BCUT2D eigenvalue weighted by molar-refractivity contribution is 0.102. The molecule has 0 aliphatic rings. The van der Waals surface area contributed by atoms with Gasteiger partial charge in [0.25, 0.3) is 20.3 Å². The molecular weight excluding hydrogens is 396 g/mol. The molecule has 26 heavy (non-hydrogen) atoms. The van der Waals surface area contributed by atoms with Crippen LogP contribution in [0.5, 0.6) is 0 Å². The minimum absolute atomic E-state index is 0.0899. The summed E-state index contributed by atoms with van der Waals surface area (Å²) in [6.07, 6.45) is 0. The number of amides is 1. The largest absolute Gasteiger partial charge is 0.296 e. The molecule has 3 rings (SSSR count). The zero-order valence-electron chi connectivity index (χ0n) is 13.4. The average molecular weight is 409 g/mol. The monoisotopic (exact) mass is 408 g/mol. The minimum atomic E-state index is -3.93. The quantitative estimate of drug-likeness (QED) is 0.628. The van der Waals surface area contributed by atoms with Crippen LogP contribution in [0.2, 0.25) is 5.02 Å². The predicted molar refractivity (Wildman–Crippen MR) is 101 cm³/mol. The van der Waals surface area contributed by atoms with Gasteiger partial charge in [0.15, 0.2) is 0 Å². The Morgan fingerprint density at radius 2 is 1.85 bits per heavy atom. The van der Waals surface area contributed by atoms with Gasteiger partial charge in [0.1, 0.15) is 0 Å². The van der Waals surface area contributed by atoms with E-state index >= 15 is 0 Å². The summed E-state index contributed by atoms with van der Waals surface area (Å²) in [7, 11) is -3.93. The number of carbonyl (C=O) groups excluding carboxylic acids is 1. The van der Waals surface area contributed by atoms with Gasteiger partial charge in [0.2, 0.25) is 5.13 Å². The summed E-state index contributed by atoms with van der Waals surface area (Å²) in [6, 6.07) is 13.3. The van der Waals surface area contributed by atoms with Crippen molar-refractivity contribution in [3.63, 3.8) is 0 Å². The van der Waals surface area contributed by atoms with Gasteiger partial charge in [-0.25, -0.2) is 0 Å². The summed E-state index contributed by atoms with van der Waals surface area (Å²) in [5.41, 5.74) is 1.49. The highest BCUT2D eigenvalue weighted by Gasteiger charge is 2.22. The number of nitrogens with zero attached hydrogens (tertiary/aromatic N) is 2. The number of hydrogen-bond acceptors (Lipinski definition) is 6. The number of anilines is 2. The SMILES string of the molecule is Cc1cc(Cl)ccc1NS(=O)(=O)c1nnc(NC(=O)c2ccccc2)s1. The maximum atomic E-state index is 12.5. The molecule has 0 fully saturated rings. The second-order valence-corrected chi connectivity index (χ2v) is 8.53. The smallest absolute Gasteiger partial charge is 0.291 e. The molecule has 1 amide bonds. The van der Waals surface area contributed by atoms with Crippen LogP contribution in [0, 0.1) is 6.92 Å². The van der Waals surface area contributed by atoms with Gasteiger partial charge in [-0.2, -0.15) is 8.42 Å². The van der Waals surface area contributed by atoms with Crippen molar-refractivity contribution in [2.75, 3.05) is 10.0 Å². The molecule has 0 radical (unpaired) electrons. The molecule has 2 aromatic carbocycles. The van der Waals surface area contributed by atoms with Gasteiger partial charge in [-0.1, -0.05) is 41.1 Å². The third kappa shape index (κ3) is 4.18. The van der Waals surface area contributed by atoms with Gasteiger partial charge < -0.3 is 0 Å². The number of rotatable bonds is 5. The molecule has 1 aromatic heterocycles.